The van der Waals surface area contributed by atoms with Crippen LogP contribution in [0, 0.1) is 0 Å². The molecular formula is C5H11N3O3. The average Bonchev–Trinajstić information content (AvgIpc) is 1.95. The Hall–Kier alpha value is -0.850. The summed E-state index contributed by atoms with van der Waals surface area (Å²) in [5.74, 6) is 0. The molecule has 2 atom stereocenters. The molecule has 0 bridgehead atoms. The number of carbonyl (C=O) groups excluding carboxylic acids is 1. The first-order valence-corrected chi connectivity index (χ1v) is 3.33. The van der Waals surface area contributed by atoms with Crippen molar-refractivity contribution in [2.75, 3.05) is 0 Å². The van der Waals surface area contributed by atoms with Gasteiger partial charge in [0, 0.05) is 0 Å². The van der Waals surface area contributed by atoms with Gasteiger partial charge in [-0.2, -0.15) is 4.79 Å². The lowest BCUT2D eigenvalue weighted by Gasteiger charge is -2.23. The highest BCUT2D eigenvalue weighted by molar-refractivity contribution is 5.59. The van der Waals surface area contributed by atoms with Crippen LogP contribution < -0.4 is 16.3 Å². The molecule has 1 heterocycles. The maximum absolute atomic E-state index is 10.5. The van der Waals surface area contributed by atoms with Crippen LogP contribution in [-0.2, 0) is 9.68 Å². The minimum Gasteiger partial charge on any atom is -0.335 e. The predicted octanol–water partition coefficient (Wildman–Crippen LogP) is -0.556. The molecule has 6 heteroatoms. The van der Waals surface area contributed by atoms with Crippen molar-refractivity contribution in [3.8, 4) is 0 Å². The maximum atomic E-state index is 10.5. The molecule has 64 valence electrons. The first-order valence-electron chi connectivity index (χ1n) is 3.33. The number of carbonyl (C=O) groups is 1. The molecule has 1 rings (SSSR count). The third-order valence-electron chi connectivity index (χ3n) is 1.14. The highest BCUT2D eigenvalue weighted by Crippen LogP contribution is 1.88. The molecule has 1 saturated heterocycles. The fraction of sp³-hybridized carbons (Fsp3) is 0.800. The zero-order valence-electron chi connectivity index (χ0n) is 6.38. The van der Waals surface area contributed by atoms with Gasteiger partial charge < -0.3 is 9.68 Å². The summed E-state index contributed by atoms with van der Waals surface area (Å²) in [4.78, 5) is 19.3. The number of hydrogen-bond donors (Lipinski definition) is 3. The van der Waals surface area contributed by atoms with Crippen LogP contribution >= 0.6 is 0 Å². The third kappa shape index (κ3) is 2.71. The number of nitrogens with one attached hydrogen (secondary N) is 3. The smallest absolute Gasteiger partial charge is 0.335 e. The van der Waals surface area contributed by atoms with E-state index < -0.39 is 6.16 Å². The lowest BCUT2D eigenvalue weighted by molar-refractivity contribution is -0.0582. The summed E-state index contributed by atoms with van der Waals surface area (Å²) >= 11 is 0. The van der Waals surface area contributed by atoms with E-state index in [1.54, 1.807) is 0 Å². The molecule has 0 aromatic carbocycles. The lowest BCUT2D eigenvalue weighted by atomic mass is 10.5. The van der Waals surface area contributed by atoms with Crippen molar-refractivity contribution < 1.29 is 14.5 Å². The van der Waals surface area contributed by atoms with E-state index in [1.165, 1.54) is 0 Å². The summed E-state index contributed by atoms with van der Waals surface area (Å²) in [5.41, 5.74) is 4.88. The minimum absolute atomic E-state index is 0.106. The van der Waals surface area contributed by atoms with E-state index in [0.29, 0.717) is 0 Å². The molecule has 1 aliphatic heterocycles. The van der Waals surface area contributed by atoms with Gasteiger partial charge in [-0.05, 0) is 13.8 Å². The van der Waals surface area contributed by atoms with Crippen molar-refractivity contribution in [2.24, 2.45) is 0 Å². The zero-order chi connectivity index (χ0) is 8.27. The molecule has 3 N–H and O–H groups in total. The average molecular weight is 161 g/mol. The Morgan fingerprint density at radius 1 is 1.18 bits per heavy atom. The number of rotatable bonds is 0. The highest BCUT2D eigenvalue weighted by atomic mass is 16.9. The molecule has 2 unspecified atom stereocenters. The van der Waals surface area contributed by atoms with Gasteiger partial charge in [-0.3, -0.25) is 5.32 Å². The Morgan fingerprint density at radius 2 is 1.64 bits per heavy atom. The zero-order valence-corrected chi connectivity index (χ0v) is 6.38. The number of hydrogen-bond acceptors (Lipinski definition) is 6. The van der Waals surface area contributed by atoms with E-state index in [9.17, 15) is 4.79 Å². The van der Waals surface area contributed by atoms with E-state index in [1.807, 2.05) is 13.8 Å². The molecule has 0 radical (unpaired) electrons. The largest absolute Gasteiger partial charge is 0.547 e. The standard InChI is InChI=1S/C5H11N3O3/c1-3-6-4(2)8-11-5(9)10-7-3/h3-4,6-8H,1-2H3. The molecular weight excluding hydrogens is 150 g/mol. The summed E-state index contributed by atoms with van der Waals surface area (Å²) in [6.45, 7) is 3.63. The van der Waals surface area contributed by atoms with Crippen LogP contribution in [0.2, 0.25) is 0 Å². The van der Waals surface area contributed by atoms with Gasteiger partial charge >= 0.3 is 6.16 Å². The molecule has 6 nitrogen and oxygen atoms in total. The minimum atomic E-state index is -0.787. The summed E-state index contributed by atoms with van der Waals surface area (Å²) in [5, 5.41) is 2.98. The van der Waals surface area contributed by atoms with Gasteiger partial charge in [0.05, 0.1) is 12.3 Å². The summed E-state index contributed by atoms with van der Waals surface area (Å²) in [6, 6.07) is 0. The maximum Gasteiger partial charge on any atom is 0.547 e. The van der Waals surface area contributed by atoms with Crippen LogP contribution in [0.25, 0.3) is 0 Å². The van der Waals surface area contributed by atoms with E-state index in [-0.39, 0.29) is 12.3 Å². The van der Waals surface area contributed by atoms with Crippen LogP contribution in [0.15, 0.2) is 0 Å². The number of hydroxylamine groups is 2. The van der Waals surface area contributed by atoms with Crippen LogP contribution in [-0.4, -0.2) is 18.5 Å². The Labute approximate surface area is 64.1 Å². The second kappa shape index (κ2) is 3.51. The normalized spacial score (nSPS) is 33.1. The van der Waals surface area contributed by atoms with Crippen molar-refractivity contribution in [2.45, 2.75) is 26.2 Å². The second-order valence-corrected chi connectivity index (χ2v) is 2.30. The molecule has 0 aliphatic carbocycles. The van der Waals surface area contributed by atoms with Gasteiger partial charge in [0.1, 0.15) is 0 Å². The molecule has 1 aliphatic rings. The van der Waals surface area contributed by atoms with Gasteiger partial charge in [-0.1, -0.05) is 0 Å². The van der Waals surface area contributed by atoms with Crippen LogP contribution in [0.3, 0.4) is 0 Å². The Kier molecular flexibility index (Phi) is 2.64. The van der Waals surface area contributed by atoms with Gasteiger partial charge in [-0.25, -0.2) is 0 Å². The fourth-order valence-electron chi connectivity index (χ4n) is 0.737. The fourth-order valence-corrected chi connectivity index (χ4v) is 0.737. The quantitative estimate of drug-likeness (QED) is 0.442. The molecule has 0 aromatic heterocycles. The molecule has 0 saturated carbocycles. The van der Waals surface area contributed by atoms with Gasteiger partial charge in [-0.15, -0.1) is 11.0 Å². The van der Waals surface area contributed by atoms with E-state index in [0.717, 1.165) is 0 Å². The van der Waals surface area contributed by atoms with Gasteiger partial charge in [0.15, 0.2) is 0 Å². The summed E-state index contributed by atoms with van der Waals surface area (Å²) in [6.07, 6.45) is -0.999. The lowest BCUT2D eigenvalue weighted by Crippen LogP contribution is -2.53. The Morgan fingerprint density at radius 3 is 2.09 bits per heavy atom. The van der Waals surface area contributed by atoms with E-state index in [2.05, 4.69) is 26.0 Å². The third-order valence-corrected chi connectivity index (χ3v) is 1.14. The first-order chi connectivity index (χ1) is 5.18. The van der Waals surface area contributed by atoms with Gasteiger partial charge in [0.25, 0.3) is 0 Å². The molecule has 0 amide bonds. The Balaban J connectivity index is 2.40. The first kappa shape index (κ1) is 8.25. The van der Waals surface area contributed by atoms with Crippen molar-refractivity contribution in [3.05, 3.63) is 0 Å². The molecule has 0 spiro atoms. The highest BCUT2D eigenvalue weighted by Gasteiger charge is 2.15. The summed E-state index contributed by atoms with van der Waals surface area (Å²) < 4.78 is 0. The molecule has 0 aromatic rings. The van der Waals surface area contributed by atoms with Crippen molar-refractivity contribution in [1.29, 1.82) is 0 Å². The van der Waals surface area contributed by atoms with Gasteiger partial charge in [0.2, 0.25) is 0 Å². The second-order valence-electron chi connectivity index (χ2n) is 2.30. The molecule has 11 heavy (non-hydrogen) atoms. The SMILES string of the molecule is CC1NOC(=O)ONC(C)N1. The topological polar surface area (TPSA) is 71.6 Å². The summed E-state index contributed by atoms with van der Waals surface area (Å²) in [7, 11) is 0. The Bertz CT molecular complexity index is 138. The predicted molar refractivity (Wildman–Crippen MR) is 35.9 cm³/mol. The van der Waals surface area contributed by atoms with Crippen LogP contribution in [0.1, 0.15) is 13.8 Å². The van der Waals surface area contributed by atoms with Crippen molar-refractivity contribution >= 4 is 6.16 Å². The monoisotopic (exact) mass is 161 g/mol. The van der Waals surface area contributed by atoms with Crippen molar-refractivity contribution in [1.82, 2.24) is 16.3 Å². The molecule has 1 fully saturated rings. The van der Waals surface area contributed by atoms with Crippen molar-refractivity contribution in [3.63, 3.8) is 0 Å². The van der Waals surface area contributed by atoms with E-state index in [4.69, 9.17) is 0 Å². The van der Waals surface area contributed by atoms with Crippen LogP contribution in [0.4, 0.5) is 4.79 Å². The van der Waals surface area contributed by atoms with E-state index >= 15 is 0 Å². The van der Waals surface area contributed by atoms with Crippen LogP contribution in [0.5, 0.6) is 0 Å².